The Labute approximate surface area is 119 Å². The van der Waals surface area contributed by atoms with Crippen molar-refractivity contribution < 1.29 is 9.59 Å². The predicted molar refractivity (Wildman–Crippen MR) is 76.8 cm³/mol. The van der Waals surface area contributed by atoms with Crippen LogP contribution in [0.4, 0.5) is 0 Å². The van der Waals surface area contributed by atoms with Crippen molar-refractivity contribution in [3.63, 3.8) is 0 Å². The fourth-order valence-corrected chi connectivity index (χ4v) is 2.43. The number of amides is 2. The van der Waals surface area contributed by atoms with E-state index in [2.05, 4.69) is 5.32 Å². The summed E-state index contributed by atoms with van der Waals surface area (Å²) in [4.78, 5) is 25.5. The van der Waals surface area contributed by atoms with Crippen LogP contribution in [0.25, 0.3) is 0 Å². The number of carbonyl (C=O) groups is 2. The molecule has 3 N–H and O–H groups in total. The Hall–Kier alpha value is -1.88. The molecule has 108 valence electrons. The summed E-state index contributed by atoms with van der Waals surface area (Å²) in [5.41, 5.74) is 7.64. The highest BCUT2D eigenvalue weighted by molar-refractivity contribution is 5.88. The molecule has 2 amide bonds. The summed E-state index contributed by atoms with van der Waals surface area (Å²) in [5, 5.41) is 3.08. The molecule has 20 heavy (non-hydrogen) atoms. The number of fused-ring (bicyclic) bond motifs is 1. The lowest BCUT2D eigenvalue weighted by Crippen LogP contribution is -2.53. The molecule has 0 aromatic heterocycles. The van der Waals surface area contributed by atoms with Gasteiger partial charge in [-0.05, 0) is 11.1 Å². The summed E-state index contributed by atoms with van der Waals surface area (Å²) >= 11 is 0. The monoisotopic (exact) mass is 275 g/mol. The first-order chi connectivity index (χ1) is 9.49. The summed E-state index contributed by atoms with van der Waals surface area (Å²) in [7, 11) is 0. The standard InChI is InChI=1S/C15H21N3O2/c1-10(2)17-8-14(19)18-9-12-6-4-3-5-11(12)7-13(18)15(16)20/h3-6,10,13,17H,7-9H2,1-2H3,(H2,16,20)/t13-/m0/s1. The normalized spacial score (nSPS) is 17.9. The quantitative estimate of drug-likeness (QED) is 0.836. The molecule has 5 nitrogen and oxygen atoms in total. The van der Waals surface area contributed by atoms with Crippen LogP contribution in [0, 0.1) is 0 Å². The molecular weight excluding hydrogens is 254 g/mol. The zero-order valence-corrected chi connectivity index (χ0v) is 11.9. The van der Waals surface area contributed by atoms with Crippen LogP contribution >= 0.6 is 0 Å². The Kier molecular flexibility index (Phi) is 4.39. The van der Waals surface area contributed by atoms with Gasteiger partial charge in [-0.1, -0.05) is 38.1 Å². The summed E-state index contributed by atoms with van der Waals surface area (Å²) < 4.78 is 0. The average molecular weight is 275 g/mol. The van der Waals surface area contributed by atoms with Crippen molar-refractivity contribution in [1.29, 1.82) is 0 Å². The number of primary amides is 1. The zero-order valence-electron chi connectivity index (χ0n) is 11.9. The highest BCUT2D eigenvalue weighted by Gasteiger charge is 2.32. The van der Waals surface area contributed by atoms with Crippen LogP contribution < -0.4 is 11.1 Å². The highest BCUT2D eigenvalue weighted by atomic mass is 16.2. The van der Waals surface area contributed by atoms with Crippen LogP contribution in [-0.2, 0) is 22.6 Å². The molecule has 1 atom stereocenters. The molecule has 1 aromatic rings. The van der Waals surface area contributed by atoms with Crippen molar-refractivity contribution in [2.24, 2.45) is 5.73 Å². The van der Waals surface area contributed by atoms with E-state index in [0.29, 0.717) is 13.0 Å². The van der Waals surface area contributed by atoms with E-state index in [9.17, 15) is 9.59 Å². The van der Waals surface area contributed by atoms with Crippen molar-refractivity contribution in [3.8, 4) is 0 Å². The number of nitrogens with two attached hydrogens (primary N) is 1. The number of nitrogens with one attached hydrogen (secondary N) is 1. The van der Waals surface area contributed by atoms with Crippen molar-refractivity contribution in [2.75, 3.05) is 6.54 Å². The molecule has 1 heterocycles. The number of hydrogen-bond donors (Lipinski definition) is 2. The van der Waals surface area contributed by atoms with Crippen LogP contribution in [0.5, 0.6) is 0 Å². The second-order valence-corrected chi connectivity index (χ2v) is 5.45. The van der Waals surface area contributed by atoms with Gasteiger partial charge in [0.1, 0.15) is 6.04 Å². The third-order valence-electron chi connectivity index (χ3n) is 3.56. The Balaban J connectivity index is 2.18. The van der Waals surface area contributed by atoms with Gasteiger partial charge in [0.05, 0.1) is 6.54 Å². The number of benzene rings is 1. The van der Waals surface area contributed by atoms with Crippen molar-refractivity contribution in [2.45, 2.75) is 38.9 Å². The molecule has 0 radical (unpaired) electrons. The highest BCUT2D eigenvalue weighted by Crippen LogP contribution is 2.23. The molecule has 0 aliphatic carbocycles. The molecule has 1 aliphatic heterocycles. The zero-order chi connectivity index (χ0) is 14.7. The number of rotatable bonds is 4. The van der Waals surface area contributed by atoms with E-state index >= 15 is 0 Å². The van der Waals surface area contributed by atoms with Gasteiger partial charge in [-0.2, -0.15) is 0 Å². The first-order valence-corrected chi connectivity index (χ1v) is 6.88. The van der Waals surface area contributed by atoms with Crippen molar-refractivity contribution >= 4 is 11.8 Å². The summed E-state index contributed by atoms with van der Waals surface area (Å²) in [6, 6.07) is 7.53. The van der Waals surface area contributed by atoms with E-state index in [1.807, 2.05) is 38.1 Å². The van der Waals surface area contributed by atoms with Crippen molar-refractivity contribution in [3.05, 3.63) is 35.4 Å². The van der Waals surface area contributed by atoms with Gasteiger partial charge in [-0.25, -0.2) is 0 Å². The van der Waals surface area contributed by atoms with Gasteiger partial charge in [0.25, 0.3) is 0 Å². The van der Waals surface area contributed by atoms with E-state index in [4.69, 9.17) is 5.73 Å². The van der Waals surface area contributed by atoms with Gasteiger partial charge in [-0.15, -0.1) is 0 Å². The topological polar surface area (TPSA) is 75.4 Å². The van der Waals surface area contributed by atoms with E-state index < -0.39 is 11.9 Å². The third kappa shape index (κ3) is 3.17. The number of hydrogen-bond acceptors (Lipinski definition) is 3. The van der Waals surface area contributed by atoms with Gasteiger partial charge < -0.3 is 16.0 Å². The lowest BCUT2D eigenvalue weighted by Gasteiger charge is -2.35. The van der Waals surface area contributed by atoms with Gasteiger partial charge in [0.2, 0.25) is 11.8 Å². The lowest BCUT2D eigenvalue weighted by atomic mass is 9.93. The smallest absolute Gasteiger partial charge is 0.240 e. The van der Waals surface area contributed by atoms with E-state index in [1.54, 1.807) is 4.90 Å². The van der Waals surface area contributed by atoms with Gasteiger partial charge >= 0.3 is 0 Å². The molecule has 2 rings (SSSR count). The van der Waals surface area contributed by atoms with Gasteiger partial charge in [-0.3, -0.25) is 9.59 Å². The maximum Gasteiger partial charge on any atom is 0.240 e. The van der Waals surface area contributed by atoms with Crippen LogP contribution in [-0.4, -0.2) is 35.3 Å². The van der Waals surface area contributed by atoms with E-state index in [-0.39, 0.29) is 18.5 Å². The molecule has 0 spiro atoms. The molecule has 0 bridgehead atoms. The first-order valence-electron chi connectivity index (χ1n) is 6.88. The van der Waals surface area contributed by atoms with Crippen LogP contribution in [0.3, 0.4) is 0 Å². The van der Waals surface area contributed by atoms with E-state index in [1.165, 1.54) is 0 Å². The fraction of sp³-hybridized carbons (Fsp3) is 0.467. The minimum Gasteiger partial charge on any atom is -0.368 e. The minimum atomic E-state index is -0.550. The maximum absolute atomic E-state index is 12.3. The molecule has 0 saturated heterocycles. The molecule has 0 fully saturated rings. The SMILES string of the molecule is CC(C)NCC(=O)N1Cc2ccccc2C[C@H]1C(N)=O. The molecule has 5 heteroatoms. The van der Waals surface area contributed by atoms with Gasteiger partial charge in [0.15, 0.2) is 0 Å². The Morgan fingerprint density at radius 3 is 2.60 bits per heavy atom. The summed E-state index contributed by atoms with van der Waals surface area (Å²) in [6.45, 7) is 4.63. The summed E-state index contributed by atoms with van der Waals surface area (Å²) in [5.74, 6) is -0.533. The second kappa shape index (κ2) is 6.05. The number of nitrogens with zero attached hydrogens (tertiary/aromatic N) is 1. The lowest BCUT2D eigenvalue weighted by molar-refractivity contribution is -0.140. The maximum atomic E-state index is 12.3. The average Bonchev–Trinajstić information content (AvgIpc) is 2.43. The minimum absolute atomic E-state index is 0.0861. The largest absolute Gasteiger partial charge is 0.368 e. The van der Waals surface area contributed by atoms with Crippen LogP contribution in [0.1, 0.15) is 25.0 Å². The molecular formula is C15H21N3O2. The molecule has 1 aromatic carbocycles. The van der Waals surface area contributed by atoms with Crippen molar-refractivity contribution in [1.82, 2.24) is 10.2 Å². The molecule has 1 aliphatic rings. The predicted octanol–water partition coefficient (Wildman–Crippen LogP) is 0.423. The van der Waals surface area contributed by atoms with E-state index in [0.717, 1.165) is 11.1 Å². The number of carbonyl (C=O) groups excluding carboxylic acids is 2. The third-order valence-corrected chi connectivity index (χ3v) is 3.56. The molecule has 0 saturated carbocycles. The molecule has 0 unspecified atom stereocenters. The van der Waals surface area contributed by atoms with Crippen LogP contribution in [0.2, 0.25) is 0 Å². The Morgan fingerprint density at radius 2 is 2.00 bits per heavy atom. The summed E-state index contributed by atoms with van der Waals surface area (Å²) in [6.07, 6.45) is 0.499. The second-order valence-electron chi connectivity index (χ2n) is 5.45. The Morgan fingerprint density at radius 1 is 1.35 bits per heavy atom. The van der Waals surface area contributed by atoms with Crippen LogP contribution in [0.15, 0.2) is 24.3 Å². The fourth-order valence-electron chi connectivity index (χ4n) is 2.43. The first kappa shape index (κ1) is 14.5. The van der Waals surface area contributed by atoms with Gasteiger partial charge in [0, 0.05) is 19.0 Å². The Bertz CT molecular complexity index is 514.